The Kier molecular flexibility index (Phi) is 8.69. The number of ether oxygens (including phenoxy) is 2. The SMILES string of the molecule is COc1ccc(CC(C(=O)Nc2ccc(C3CC3)cc2F)N2C(=O)NC(c3ccc(OC(CO)CO)cc3)C2=O)cc1. The Hall–Kier alpha value is -4.48. The maximum atomic E-state index is 14.9. The summed E-state index contributed by atoms with van der Waals surface area (Å²) in [7, 11) is 1.53. The van der Waals surface area contributed by atoms with E-state index in [0.717, 1.165) is 23.3 Å². The van der Waals surface area contributed by atoms with Crippen LogP contribution < -0.4 is 20.1 Å². The van der Waals surface area contributed by atoms with E-state index in [-0.39, 0.29) is 25.3 Å². The van der Waals surface area contributed by atoms with Gasteiger partial charge < -0.3 is 30.3 Å². The molecule has 5 rings (SSSR count). The van der Waals surface area contributed by atoms with Gasteiger partial charge in [0.1, 0.15) is 35.5 Å². The molecule has 2 aliphatic rings. The van der Waals surface area contributed by atoms with Crippen LogP contribution in [0.25, 0.3) is 0 Å². The van der Waals surface area contributed by atoms with Crippen molar-refractivity contribution in [2.75, 3.05) is 25.6 Å². The number of amides is 4. The van der Waals surface area contributed by atoms with Crippen molar-refractivity contribution in [1.82, 2.24) is 10.2 Å². The fourth-order valence-corrected chi connectivity index (χ4v) is 4.88. The Balaban J connectivity index is 1.38. The number of rotatable bonds is 12. The molecule has 220 valence electrons. The molecule has 0 radical (unpaired) electrons. The minimum absolute atomic E-state index is 0.0139. The predicted molar refractivity (Wildman–Crippen MR) is 151 cm³/mol. The van der Waals surface area contributed by atoms with Crippen molar-refractivity contribution in [3.63, 3.8) is 0 Å². The summed E-state index contributed by atoms with van der Waals surface area (Å²) in [6.07, 6.45) is 1.19. The summed E-state index contributed by atoms with van der Waals surface area (Å²) < 4.78 is 25.6. The molecular formula is C31H32FN3O7. The van der Waals surface area contributed by atoms with Crippen LogP contribution in [0.1, 0.15) is 41.5 Å². The summed E-state index contributed by atoms with van der Waals surface area (Å²) in [6, 6.07) is 14.7. The number of hydrogen-bond acceptors (Lipinski definition) is 7. The van der Waals surface area contributed by atoms with Gasteiger partial charge in [-0.25, -0.2) is 14.1 Å². The van der Waals surface area contributed by atoms with Crippen molar-refractivity contribution in [2.45, 2.75) is 43.4 Å². The lowest BCUT2D eigenvalue weighted by atomic mass is 10.0. The van der Waals surface area contributed by atoms with Crippen LogP contribution >= 0.6 is 0 Å². The molecule has 1 saturated carbocycles. The van der Waals surface area contributed by atoms with E-state index in [4.69, 9.17) is 9.47 Å². The number of carbonyl (C=O) groups excluding carboxylic acids is 3. The number of aliphatic hydroxyl groups is 2. The highest BCUT2D eigenvalue weighted by molar-refractivity contribution is 6.09. The number of methoxy groups -OCH3 is 1. The van der Waals surface area contributed by atoms with E-state index >= 15 is 0 Å². The quantitative estimate of drug-likeness (QED) is 0.243. The van der Waals surface area contributed by atoms with E-state index in [1.165, 1.54) is 19.2 Å². The number of anilines is 1. The third-order valence-electron chi connectivity index (χ3n) is 7.40. The number of imide groups is 1. The van der Waals surface area contributed by atoms with Crippen molar-refractivity contribution in [1.29, 1.82) is 0 Å². The van der Waals surface area contributed by atoms with Gasteiger partial charge in [0.15, 0.2) is 0 Å². The lowest BCUT2D eigenvalue weighted by Crippen LogP contribution is -2.49. The van der Waals surface area contributed by atoms with E-state index in [2.05, 4.69) is 10.6 Å². The van der Waals surface area contributed by atoms with Gasteiger partial charge >= 0.3 is 6.03 Å². The number of carbonyl (C=O) groups is 3. The van der Waals surface area contributed by atoms with E-state index in [1.54, 1.807) is 54.6 Å². The Morgan fingerprint density at radius 3 is 2.24 bits per heavy atom. The first kappa shape index (κ1) is 29.0. The van der Waals surface area contributed by atoms with Gasteiger partial charge in [0.25, 0.3) is 5.91 Å². The molecule has 2 fully saturated rings. The highest BCUT2D eigenvalue weighted by atomic mass is 19.1. The lowest BCUT2D eigenvalue weighted by molar-refractivity contribution is -0.134. The van der Waals surface area contributed by atoms with Crippen molar-refractivity contribution >= 4 is 23.5 Å². The molecule has 3 aromatic carbocycles. The van der Waals surface area contributed by atoms with Crippen molar-refractivity contribution in [2.24, 2.45) is 0 Å². The van der Waals surface area contributed by atoms with Crippen molar-refractivity contribution in [3.8, 4) is 11.5 Å². The third kappa shape index (κ3) is 6.37. The smallest absolute Gasteiger partial charge is 0.325 e. The van der Waals surface area contributed by atoms with Crippen LogP contribution in [0.2, 0.25) is 0 Å². The van der Waals surface area contributed by atoms with Gasteiger partial charge in [-0.3, -0.25) is 9.59 Å². The molecule has 1 heterocycles. The van der Waals surface area contributed by atoms with E-state index in [0.29, 0.717) is 28.5 Å². The molecule has 42 heavy (non-hydrogen) atoms. The average molecular weight is 578 g/mol. The normalized spacial score (nSPS) is 17.3. The van der Waals surface area contributed by atoms with Gasteiger partial charge in [0, 0.05) is 6.42 Å². The lowest BCUT2D eigenvalue weighted by Gasteiger charge is -2.25. The van der Waals surface area contributed by atoms with Gasteiger partial charge in [0.05, 0.1) is 26.0 Å². The highest BCUT2D eigenvalue weighted by Gasteiger charge is 2.45. The largest absolute Gasteiger partial charge is 0.497 e. The maximum absolute atomic E-state index is 14.9. The zero-order valence-corrected chi connectivity index (χ0v) is 23.0. The van der Waals surface area contributed by atoms with Crippen LogP contribution in [0.3, 0.4) is 0 Å². The molecule has 10 nitrogen and oxygen atoms in total. The number of nitrogens with zero attached hydrogens (tertiary/aromatic N) is 1. The molecule has 4 amide bonds. The molecule has 0 aromatic heterocycles. The average Bonchev–Trinajstić information content (AvgIpc) is 3.81. The number of aliphatic hydroxyl groups excluding tert-OH is 2. The van der Waals surface area contributed by atoms with Crippen LogP contribution in [-0.4, -0.2) is 65.4 Å². The minimum atomic E-state index is -1.28. The third-order valence-corrected chi connectivity index (χ3v) is 7.40. The molecule has 0 spiro atoms. The van der Waals surface area contributed by atoms with Gasteiger partial charge in [-0.05, 0) is 71.8 Å². The molecule has 1 aliphatic carbocycles. The van der Waals surface area contributed by atoms with E-state index in [1.807, 2.05) is 0 Å². The van der Waals surface area contributed by atoms with Gasteiger partial charge in [-0.1, -0.05) is 30.3 Å². The van der Waals surface area contributed by atoms with Gasteiger partial charge in [-0.2, -0.15) is 0 Å². The zero-order valence-electron chi connectivity index (χ0n) is 23.0. The summed E-state index contributed by atoms with van der Waals surface area (Å²) in [5, 5.41) is 23.7. The fourth-order valence-electron chi connectivity index (χ4n) is 4.88. The molecule has 2 unspecified atom stereocenters. The Morgan fingerprint density at radius 2 is 1.64 bits per heavy atom. The number of halogens is 1. The number of hydrogen-bond donors (Lipinski definition) is 4. The summed E-state index contributed by atoms with van der Waals surface area (Å²) in [5.74, 6) is -0.651. The van der Waals surface area contributed by atoms with Crippen molar-refractivity contribution in [3.05, 3.63) is 89.2 Å². The Morgan fingerprint density at radius 1 is 1.00 bits per heavy atom. The first-order valence-corrected chi connectivity index (χ1v) is 13.7. The Labute approximate surface area is 242 Å². The fraction of sp³-hybridized carbons (Fsp3) is 0.323. The van der Waals surface area contributed by atoms with Crippen LogP contribution in [0, 0.1) is 5.82 Å². The standard InChI is InChI=1S/C31H32FN3O7/c1-41-22-9-2-18(3-10-22)14-27(29(38)33-26-13-8-21(15-25(26)32)19-4-5-19)35-30(39)28(34-31(35)40)20-6-11-23(12-7-20)42-24(16-36)17-37/h2-3,6-13,15,19,24,27-28,36-37H,4-5,14,16-17H2,1H3,(H,33,38)(H,34,40). The van der Waals surface area contributed by atoms with Crippen LogP contribution in [0.4, 0.5) is 14.9 Å². The molecule has 1 aliphatic heterocycles. The summed E-state index contributed by atoms with van der Waals surface area (Å²) in [5.41, 5.74) is 1.94. The molecule has 2 atom stereocenters. The number of benzene rings is 3. The van der Waals surface area contributed by atoms with Crippen LogP contribution in [-0.2, 0) is 16.0 Å². The molecule has 11 heteroatoms. The Bertz CT molecular complexity index is 1440. The van der Waals surface area contributed by atoms with Crippen LogP contribution in [0.15, 0.2) is 66.7 Å². The summed E-state index contributed by atoms with van der Waals surface area (Å²) in [6.45, 7) is -0.757. The van der Waals surface area contributed by atoms with Crippen LogP contribution in [0.5, 0.6) is 11.5 Å². The maximum Gasteiger partial charge on any atom is 0.325 e. The first-order chi connectivity index (χ1) is 20.3. The topological polar surface area (TPSA) is 137 Å². The number of urea groups is 1. The van der Waals surface area contributed by atoms with Gasteiger partial charge in [-0.15, -0.1) is 0 Å². The molecular weight excluding hydrogens is 545 g/mol. The molecule has 4 N–H and O–H groups in total. The van der Waals surface area contributed by atoms with Crippen molar-refractivity contribution < 1.29 is 38.5 Å². The summed E-state index contributed by atoms with van der Waals surface area (Å²) >= 11 is 0. The van der Waals surface area contributed by atoms with Gasteiger partial charge in [0.2, 0.25) is 5.91 Å². The highest BCUT2D eigenvalue weighted by Crippen LogP contribution is 2.41. The van der Waals surface area contributed by atoms with E-state index < -0.39 is 41.9 Å². The van der Waals surface area contributed by atoms with E-state index in [9.17, 15) is 29.0 Å². The second kappa shape index (κ2) is 12.6. The zero-order chi connectivity index (χ0) is 29.8. The molecule has 3 aromatic rings. The minimum Gasteiger partial charge on any atom is -0.497 e. The predicted octanol–water partition coefficient (Wildman–Crippen LogP) is 3.29. The molecule has 0 bridgehead atoms. The monoisotopic (exact) mass is 577 g/mol. The number of nitrogens with one attached hydrogen (secondary N) is 2. The second-order valence-corrected chi connectivity index (χ2v) is 10.3. The first-order valence-electron chi connectivity index (χ1n) is 13.7. The second-order valence-electron chi connectivity index (χ2n) is 10.3. The summed E-state index contributed by atoms with van der Waals surface area (Å²) in [4.78, 5) is 41.3. The molecule has 1 saturated heterocycles.